The second-order valence-corrected chi connectivity index (χ2v) is 7.49. The van der Waals surface area contributed by atoms with Crippen molar-refractivity contribution in [2.75, 3.05) is 13.6 Å². The van der Waals surface area contributed by atoms with E-state index in [1.54, 1.807) is 0 Å². The van der Waals surface area contributed by atoms with Gasteiger partial charge in [-0.2, -0.15) is 13.2 Å². The van der Waals surface area contributed by atoms with Crippen LogP contribution in [0.5, 0.6) is 0 Å². The Morgan fingerprint density at radius 2 is 1.74 bits per heavy atom. The Hall–Kier alpha value is -2.46. The van der Waals surface area contributed by atoms with Crippen LogP contribution >= 0.6 is 0 Å². The van der Waals surface area contributed by atoms with E-state index < -0.39 is 44.9 Å². The van der Waals surface area contributed by atoms with E-state index in [-0.39, 0.29) is 6.54 Å². The van der Waals surface area contributed by atoms with Crippen LogP contribution in [0.15, 0.2) is 53.4 Å². The molecule has 2 aromatic rings. The van der Waals surface area contributed by atoms with Gasteiger partial charge < -0.3 is 4.90 Å². The normalized spacial score (nSPS) is 12.0. The number of sulfonamides is 1. The highest BCUT2D eigenvalue weighted by Gasteiger charge is 2.31. The van der Waals surface area contributed by atoms with Crippen LogP contribution in [0.3, 0.4) is 0 Å². The number of likely N-dealkylation sites (N-methyl/N-ethyl adjacent to an activating group) is 1. The fourth-order valence-electron chi connectivity index (χ4n) is 2.17. The number of amides is 1. The number of carbonyl (C=O) groups excluding carboxylic acids is 1. The first-order valence-corrected chi connectivity index (χ1v) is 9.13. The predicted molar refractivity (Wildman–Crippen MR) is 89.5 cm³/mol. The molecule has 0 aliphatic heterocycles. The van der Waals surface area contributed by atoms with Crippen molar-refractivity contribution in [1.29, 1.82) is 0 Å². The van der Waals surface area contributed by atoms with Crippen LogP contribution in [0.25, 0.3) is 0 Å². The van der Waals surface area contributed by atoms with Gasteiger partial charge in [0.25, 0.3) is 0 Å². The lowest BCUT2D eigenvalue weighted by Gasteiger charge is -2.18. The Balaban J connectivity index is 2.01. The van der Waals surface area contributed by atoms with E-state index in [1.807, 2.05) is 4.72 Å². The Morgan fingerprint density at radius 1 is 1.11 bits per heavy atom. The van der Waals surface area contributed by atoms with E-state index in [0.29, 0.717) is 11.6 Å². The summed E-state index contributed by atoms with van der Waals surface area (Å²) in [5.41, 5.74) is -0.474. The van der Waals surface area contributed by atoms with Crippen LogP contribution in [0, 0.1) is 5.82 Å². The molecule has 1 amide bonds. The van der Waals surface area contributed by atoms with E-state index in [4.69, 9.17) is 0 Å². The standard InChI is InChI=1S/C17H16F4N2O3S/c1-23(11-12-5-7-14(18)8-6-12)16(24)10-22-27(25,26)15-4-2-3-13(9-15)17(19,20)21/h2-9,22H,10-11H2,1H3. The third-order valence-electron chi connectivity index (χ3n) is 3.64. The Morgan fingerprint density at radius 3 is 2.33 bits per heavy atom. The number of benzene rings is 2. The minimum atomic E-state index is -4.68. The molecule has 1 N–H and O–H groups in total. The number of nitrogens with zero attached hydrogens (tertiary/aromatic N) is 1. The van der Waals surface area contributed by atoms with Crippen LogP contribution in [-0.4, -0.2) is 32.8 Å². The van der Waals surface area contributed by atoms with E-state index in [0.717, 1.165) is 18.2 Å². The Labute approximate surface area is 153 Å². The zero-order valence-electron chi connectivity index (χ0n) is 14.1. The van der Waals surface area contributed by atoms with Crippen LogP contribution in [0.2, 0.25) is 0 Å². The molecule has 10 heteroatoms. The highest BCUT2D eigenvalue weighted by Crippen LogP contribution is 2.30. The summed E-state index contributed by atoms with van der Waals surface area (Å²) in [4.78, 5) is 12.7. The third-order valence-corrected chi connectivity index (χ3v) is 5.04. The fourth-order valence-corrected chi connectivity index (χ4v) is 3.19. The van der Waals surface area contributed by atoms with Crippen molar-refractivity contribution < 1.29 is 30.8 Å². The molecular formula is C17H16F4N2O3S. The smallest absolute Gasteiger partial charge is 0.340 e. The molecule has 0 heterocycles. The first-order chi connectivity index (χ1) is 12.5. The van der Waals surface area contributed by atoms with E-state index in [9.17, 15) is 30.8 Å². The number of hydrogen-bond donors (Lipinski definition) is 1. The maximum atomic E-state index is 12.9. The van der Waals surface area contributed by atoms with Crippen molar-refractivity contribution in [2.24, 2.45) is 0 Å². The average Bonchev–Trinajstić information content (AvgIpc) is 2.61. The van der Waals surface area contributed by atoms with Gasteiger partial charge in [-0.3, -0.25) is 4.79 Å². The van der Waals surface area contributed by atoms with E-state index in [2.05, 4.69) is 0 Å². The molecule has 0 saturated heterocycles. The number of rotatable bonds is 6. The Kier molecular flexibility index (Phi) is 6.22. The zero-order valence-corrected chi connectivity index (χ0v) is 14.9. The van der Waals surface area contributed by atoms with Crippen molar-refractivity contribution in [2.45, 2.75) is 17.6 Å². The molecular weight excluding hydrogens is 388 g/mol. The molecule has 2 aromatic carbocycles. The minimum Gasteiger partial charge on any atom is -0.340 e. The molecule has 0 unspecified atom stereocenters. The van der Waals surface area contributed by atoms with Gasteiger partial charge in [0.05, 0.1) is 17.0 Å². The number of halogens is 4. The summed E-state index contributed by atoms with van der Waals surface area (Å²) in [5, 5.41) is 0. The number of carbonyl (C=O) groups is 1. The van der Waals surface area contributed by atoms with Gasteiger partial charge in [0.1, 0.15) is 5.82 Å². The number of nitrogens with one attached hydrogen (secondary N) is 1. The molecule has 0 fully saturated rings. The van der Waals surface area contributed by atoms with Gasteiger partial charge in [0.2, 0.25) is 15.9 Å². The van der Waals surface area contributed by atoms with Crippen molar-refractivity contribution in [3.63, 3.8) is 0 Å². The van der Waals surface area contributed by atoms with Gasteiger partial charge in [0, 0.05) is 13.6 Å². The lowest BCUT2D eigenvalue weighted by molar-refractivity contribution is -0.137. The lowest BCUT2D eigenvalue weighted by atomic mass is 10.2. The minimum absolute atomic E-state index is 0.115. The summed E-state index contributed by atoms with van der Waals surface area (Å²) < 4.78 is 77.3. The largest absolute Gasteiger partial charge is 0.416 e. The average molecular weight is 404 g/mol. The molecule has 0 aliphatic rings. The molecule has 0 aromatic heterocycles. The maximum absolute atomic E-state index is 12.9. The molecule has 0 saturated carbocycles. The summed E-state index contributed by atoms with van der Waals surface area (Å²) in [6.07, 6.45) is -4.68. The predicted octanol–water partition coefficient (Wildman–Crippen LogP) is 2.78. The van der Waals surface area contributed by atoms with Gasteiger partial charge in [0.15, 0.2) is 0 Å². The third kappa shape index (κ3) is 5.76. The lowest BCUT2D eigenvalue weighted by Crippen LogP contribution is -2.37. The zero-order chi connectivity index (χ0) is 20.2. The summed E-state index contributed by atoms with van der Waals surface area (Å²) in [6.45, 7) is -0.513. The van der Waals surface area contributed by atoms with E-state index in [1.165, 1.54) is 36.2 Å². The van der Waals surface area contributed by atoms with Crippen molar-refractivity contribution in [3.05, 3.63) is 65.5 Å². The SMILES string of the molecule is CN(Cc1ccc(F)cc1)C(=O)CNS(=O)(=O)c1cccc(C(F)(F)F)c1. The van der Waals surface area contributed by atoms with Gasteiger partial charge in [-0.15, -0.1) is 0 Å². The molecule has 0 aliphatic carbocycles. The molecule has 27 heavy (non-hydrogen) atoms. The van der Waals surface area contributed by atoms with Crippen LogP contribution < -0.4 is 4.72 Å². The molecule has 0 bridgehead atoms. The second kappa shape index (κ2) is 8.05. The molecule has 5 nitrogen and oxygen atoms in total. The highest BCUT2D eigenvalue weighted by molar-refractivity contribution is 7.89. The molecule has 0 spiro atoms. The first-order valence-electron chi connectivity index (χ1n) is 7.64. The summed E-state index contributed by atoms with van der Waals surface area (Å²) in [5.74, 6) is -1.03. The maximum Gasteiger partial charge on any atom is 0.416 e. The van der Waals surface area contributed by atoms with Gasteiger partial charge in [-0.05, 0) is 35.9 Å². The quantitative estimate of drug-likeness (QED) is 0.753. The highest BCUT2D eigenvalue weighted by atomic mass is 32.2. The molecule has 0 atom stereocenters. The molecule has 0 radical (unpaired) electrons. The summed E-state index contributed by atoms with van der Waals surface area (Å²) >= 11 is 0. The van der Waals surface area contributed by atoms with Crippen LogP contribution in [0.1, 0.15) is 11.1 Å². The molecule has 146 valence electrons. The van der Waals surface area contributed by atoms with Gasteiger partial charge in [-0.25, -0.2) is 17.5 Å². The van der Waals surface area contributed by atoms with E-state index >= 15 is 0 Å². The van der Waals surface area contributed by atoms with Crippen molar-refractivity contribution >= 4 is 15.9 Å². The first kappa shape index (κ1) is 20.8. The molecule has 2 rings (SSSR count). The topological polar surface area (TPSA) is 66.5 Å². The van der Waals surface area contributed by atoms with Crippen LogP contribution in [-0.2, 0) is 27.5 Å². The monoisotopic (exact) mass is 404 g/mol. The number of alkyl halides is 3. The van der Waals surface area contributed by atoms with Crippen molar-refractivity contribution in [1.82, 2.24) is 9.62 Å². The summed E-state index contributed by atoms with van der Waals surface area (Å²) in [7, 11) is -2.88. The number of hydrogen-bond acceptors (Lipinski definition) is 3. The summed E-state index contributed by atoms with van der Waals surface area (Å²) in [6, 6.07) is 8.63. The van der Waals surface area contributed by atoms with Crippen molar-refractivity contribution in [3.8, 4) is 0 Å². The Bertz CT molecular complexity index is 913. The van der Waals surface area contributed by atoms with Gasteiger partial charge >= 0.3 is 6.18 Å². The second-order valence-electron chi connectivity index (χ2n) is 5.73. The van der Waals surface area contributed by atoms with Gasteiger partial charge in [-0.1, -0.05) is 18.2 Å². The van der Waals surface area contributed by atoms with Crippen LogP contribution in [0.4, 0.5) is 17.6 Å². The fraction of sp³-hybridized carbons (Fsp3) is 0.235.